The van der Waals surface area contributed by atoms with Crippen LogP contribution in [-0.2, 0) is 0 Å². The lowest BCUT2D eigenvalue weighted by atomic mass is 10.2. The smallest absolute Gasteiger partial charge is 0.353 e. The number of nitrogens with one attached hydrogen (secondary N) is 2. The maximum absolute atomic E-state index is 11.2. The van der Waals surface area contributed by atoms with Crippen molar-refractivity contribution in [2.24, 2.45) is 0 Å². The van der Waals surface area contributed by atoms with Gasteiger partial charge >= 0.3 is 5.69 Å². The van der Waals surface area contributed by atoms with Gasteiger partial charge in [0.2, 0.25) is 11.6 Å². The predicted octanol–water partition coefficient (Wildman–Crippen LogP) is 3.05. The van der Waals surface area contributed by atoms with Gasteiger partial charge in [-0.3, -0.25) is 10.1 Å². The van der Waals surface area contributed by atoms with Gasteiger partial charge in [0.05, 0.1) is 11.0 Å². The van der Waals surface area contributed by atoms with E-state index in [1.807, 2.05) is 30.7 Å². The molecule has 0 aliphatic carbocycles. The lowest BCUT2D eigenvalue weighted by Gasteiger charge is -2.14. The Hall–Kier alpha value is -2.22. The highest BCUT2D eigenvalue weighted by Gasteiger charge is 2.23. The Morgan fingerprint density at radius 2 is 2.20 bits per heavy atom. The zero-order valence-corrected chi connectivity index (χ0v) is 12.0. The molecule has 0 saturated carbocycles. The summed E-state index contributed by atoms with van der Waals surface area (Å²) in [4.78, 5) is 18.7. The van der Waals surface area contributed by atoms with Gasteiger partial charge in [0.1, 0.15) is 6.33 Å². The van der Waals surface area contributed by atoms with E-state index in [0.717, 1.165) is 5.56 Å². The molecule has 7 nitrogen and oxygen atoms in total. The molecule has 0 bridgehead atoms. The molecule has 0 saturated heterocycles. The van der Waals surface area contributed by atoms with Gasteiger partial charge in [-0.15, -0.1) is 0 Å². The Labute approximate surface area is 120 Å². The molecule has 0 aliphatic heterocycles. The summed E-state index contributed by atoms with van der Waals surface area (Å²) in [7, 11) is 0. The summed E-state index contributed by atoms with van der Waals surface area (Å²) in [5.74, 6) is 0.451. The van der Waals surface area contributed by atoms with E-state index in [9.17, 15) is 10.1 Å². The molecule has 8 heteroatoms. The number of aromatic nitrogens is 2. The lowest BCUT2D eigenvalue weighted by molar-refractivity contribution is -0.383. The maximum Gasteiger partial charge on any atom is 0.353 e. The van der Waals surface area contributed by atoms with E-state index >= 15 is 0 Å². The van der Waals surface area contributed by atoms with E-state index in [1.54, 1.807) is 11.3 Å². The minimum Gasteiger partial charge on any atom is -0.364 e. The molecule has 1 atom stereocenters. The van der Waals surface area contributed by atoms with Gasteiger partial charge in [-0.05, 0) is 36.2 Å². The minimum atomic E-state index is -0.472. The van der Waals surface area contributed by atoms with Gasteiger partial charge in [0.15, 0.2) is 0 Å². The molecule has 0 spiro atoms. The molecule has 2 heterocycles. The minimum absolute atomic E-state index is 0.0654. The van der Waals surface area contributed by atoms with Gasteiger partial charge in [0.25, 0.3) is 0 Å². The standard InChI is InChI=1S/C12H15N5O2S/c1-3-13-11-10(17(18)19)12(15-7-14-11)16-8(2)9-4-5-20-6-9/h4-8H,3H2,1-2H3,(H2,13,14,15,16). The number of hydrogen-bond donors (Lipinski definition) is 2. The first-order valence-corrected chi connectivity index (χ1v) is 7.09. The Kier molecular flexibility index (Phi) is 4.46. The van der Waals surface area contributed by atoms with E-state index in [4.69, 9.17) is 0 Å². The van der Waals surface area contributed by atoms with Crippen LogP contribution in [0.5, 0.6) is 0 Å². The molecule has 2 rings (SSSR count). The van der Waals surface area contributed by atoms with Crippen molar-refractivity contribution in [2.45, 2.75) is 19.9 Å². The van der Waals surface area contributed by atoms with Gasteiger partial charge < -0.3 is 10.6 Å². The molecule has 20 heavy (non-hydrogen) atoms. The first-order valence-electron chi connectivity index (χ1n) is 6.15. The van der Waals surface area contributed by atoms with Gasteiger partial charge in [-0.25, -0.2) is 9.97 Å². The Bertz CT molecular complexity index is 588. The van der Waals surface area contributed by atoms with Gasteiger partial charge in [-0.2, -0.15) is 11.3 Å². The zero-order chi connectivity index (χ0) is 14.5. The number of thiophene rings is 1. The average Bonchev–Trinajstić information content (AvgIpc) is 2.92. The maximum atomic E-state index is 11.2. The highest BCUT2D eigenvalue weighted by molar-refractivity contribution is 7.07. The fraction of sp³-hybridized carbons (Fsp3) is 0.333. The van der Waals surface area contributed by atoms with Crippen molar-refractivity contribution in [3.63, 3.8) is 0 Å². The number of anilines is 2. The molecular weight excluding hydrogens is 278 g/mol. The molecule has 1 unspecified atom stereocenters. The van der Waals surface area contributed by atoms with Crippen LogP contribution in [0.1, 0.15) is 25.5 Å². The Balaban J connectivity index is 2.31. The van der Waals surface area contributed by atoms with Crippen LogP contribution in [-0.4, -0.2) is 21.4 Å². The number of nitro groups is 1. The molecule has 2 aromatic rings. The third kappa shape index (κ3) is 3.02. The van der Waals surface area contributed by atoms with Gasteiger partial charge in [-0.1, -0.05) is 0 Å². The number of hydrogen-bond acceptors (Lipinski definition) is 7. The average molecular weight is 293 g/mol. The third-order valence-corrected chi connectivity index (χ3v) is 3.45. The second kappa shape index (κ2) is 6.29. The SMILES string of the molecule is CCNc1ncnc(NC(C)c2ccsc2)c1[N+](=O)[O-]. The van der Waals surface area contributed by atoms with Crippen LogP contribution < -0.4 is 10.6 Å². The number of nitrogens with zero attached hydrogens (tertiary/aromatic N) is 3. The fourth-order valence-electron chi connectivity index (χ4n) is 1.76. The Morgan fingerprint density at radius 3 is 2.80 bits per heavy atom. The monoisotopic (exact) mass is 293 g/mol. The molecule has 2 aromatic heterocycles. The van der Waals surface area contributed by atoms with Crippen molar-refractivity contribution in [3.05, 3.63) is 38.8 Å². The summed E-state index contributed by atoms with van der Waals surface area (Å²) in [6.45, 7) is 4.34. The van der Waals surface area contributed by atoms with Crippen LogP contribution >= 0.6 is 11.3 Å². The zero-order valence-electron chi connectivity index (χ0n) is 11.2. The molecule has 2 N–H and O–H groups in total. The normalized spacial score (nSPS) is 11.9. The van der Waals surface area contributed by atoms with Crippen molar-refractivity contribution >= 4 is 28.7 Å². The first-order chi connectivity index (χ1) is 9.63. The van der Waals surface area contributed by atoms with Crippen LogP contribution in [0, 0.1) is 10.1 Å². The summed E-state index contributed by atoms with van der Waals surface area (Å²) >= 11 is 1.58. The van der Waals surface area contributed by atoms with Crippen molar-refractivity contribution < 1.29 is 4.92 Å². The summed E-state index contributed by atoms with van der Waals surface area (Å²) in [5, 5.41) is 21.1. The van der Waals surface area contributed by atoms with E-state index in [0.29, 0.717) is 6.54 Å². The van der Waals surface area contributed by atoms with E-state index < -0.39 is 4.92 Å². The lowest BCUT2D eigenvalue weighted by Crippen LogP contribution is -2.12. The largest absolute Gasteiger partial charge is 0.364 e. The number of rotatable bonds is 6. The quantitative estimate of drug-likeness (QED) is 0.628. The molecule has 0 amide bonds. The summed E-state index contributed by atoms with van der Waals surface area (Å²) in [6.07, 6.45) is 1.31. The van der Waals surface area contributed by atoms with E-state index in [-0.39, 0.29) is 23.4 Å². The van der Waals surface area contributed by atoms with Crippen LogP contribution in [0.4, 0.5) is 17.3 Å². The van der Waals surface area contributed by atoms with E-state index in [1.165, 1.54) is 6.33 Å². The Morgan fingerprint density at radius 1 is 1.45 bits per heavy atom. The van der Waals surface area contributed by atoms with Crippen molar-refractivity contribution in [1.82, 2.24) is 9.97 Å². The van der Waals surface area contributed by atoms with Crippen molar-refractivity contribution in [2.75, 3.05) is 17.2 Å². The summed E-state index contributed by atoms with van der Waals surface area (Å²) in [6, 6.07) is 1.91. The van der Waals surface area contributed by atoms with Crippen molar-refractivity contribution in [1.29, 1.82) is 0 Å². The summed E-state index contributed by atoms with van der Waals surface area (Å²) < 4.78 is 0. The summed E-state index contributed by atoms with van der Waals surface area (Å²) in [5.41, 5.74) is 0.935. The second-order valence-electron chi connectivity index (χ2n) is 4.13. The van der Waals surface area contributed by atoms with Crippen LogP contribution in [0.25, 0.3) is 0 Å². The van der Waals surface area contributed by atoms with Crippen LogP contribution in [0.15, 0.2) is 23.2 Å². The molecule has 0 aromatic carbocycles. The van der Waals surface area contributed by atoms with Crippen LogP contribution in [0.2, 0.25) is 0 Å². The van der Waals surface area contributed by atoms with Crippen LogP contribution in [0.3, 0.4) is 0 Å². The van der Waals surface area contributed by atoms with Gasteiger partial charge in [0, 0.05) is 6.54 Å². The molecule has 0 radical (unpaired) electrons. The predicted molar refractivity (Wildman–Crippen MR) is 79.2 cm³/mol. The van der Waals surface area contributed by atoms with Crippen molar-refractivity contribution in [3.8, 4) is 0 Å². The van der Waals surface area contributed by atoms with E-state index in [2.05, 4.69) is 20.6 Å². The highest BCUT2D eigenvalue weighted by Crippen LogP contribution is 2.31. The molecule has 0 aliphatic rings. The molecule has 0 fully saturated rings. The topological polar surface area (TPSA) is 93.0 Å². The fourth-order valence-corrected chi connectivity index (χ4v) is 2.52. The third-order valence-electron chi connectivity index (χ3n) is 2.75. The molecular formula is C12H15N5O2S. The first kappa shape index (κ1) is 14.2. The highest BCUT2D eigenvalue weighted by atomic mass is 32.1. The molecule has 106 valence electrons. The second-order valence-corrected chi connectivity index (χ2v) is 4.91.